The molecule has 1 amide bonds. The molecule has 2 rings (SSSR count). The summed E-state index contributed by atoms with van der Waals surface area (Å²) < 4.78 is 0. The Morgan fingerprint density at radius 1 is 1.47 bits per heavy atom. The largest absolute Gasteiger partial charge is 0.375 e. The van der Waals surface area contributed by atoms with Crippen LogP contribution in [0.1, 0.15) is 10.6 Å². The Labute approximate surface area is 107 Å². The second-order valence-electron chi connectivity index (χ2n) is 3.53. The van der Waals surface area contributed by atoms with Crippen LogP contribution in [0.2, 0.25) is 0 Å². The number of nitrogens with one attached hydrogen (secondary N) is 1. The van der Waals surface area contributed by atoms with Gasteiger partial charge in [0.15, 0.2) is 5.13 Å². The first-order chi connectivity index (χ1) is 8.24. The van der Waals surface area contributed by atoms with Crippen molar-refractivity contribution >= 4 is 33.7 Å². The van der Waals surface area contributed by atoms with Gasteiger partial charge >= 0.3 is 0 Å². The summed E-state index contributed by atoms with van der Waals surface area (Å²) in [5.74, 6) is 0.0515. The van der Waals surface area contributed by atoms with E-state index in [0.29, 0.717) is 18.1 Å². The summed E-state index contributed by atoms with van der Waals surface area (Å²) in [6, 6.07) is 3.91. The van der Waals surface area contributed by atoms with Crippen LogP contribution in [0.15, 0.2) is 22.9 Å². The summed E-state index contributed by atoms with van der Waals surface area (Å²) in [6.07, 6.45) is 1.18. The van der Waals surface area contributed by atoms with Gasteiger partial charge in [-0.1, -0.05) is 6.07 Å². The molecule has 0 fully saturated rings. The number of nitrogen functional groups attached to an aromatic ring is 1. The molecule has 4 nitrogen and oxygen atoms in total. The van der Waals surface area contributed by atoms with Gasteiger partial charge in [-0.2, -0.15) is 0 Å². The van der Waals surface area contributed by atoms with E-state index in [1.807, 2.05) is 22.9 Å². The van der Waals surface area contributed by atoms with E-state index >= 15 is 0 Å². The molecule has 2 aromatic rings. The quantitative estimate of drug-likeness (QED) is 0.866. The summed E-state index contributed by atoms with van der Waals surface area (Å²) in [5, 5.41) is 7.33. The maximum Gasteiger partial charge on any atom is 0.225 e. The van der Waals surface area contributed by atoms with Crippen molar-refractivity contribution in [1.29, 1.82) is 0 Å². The number of rotatable bonds is 5. The third-order valence-electron chi connectivity index (χ3n) is 2.19. The monoisotopic (exact) mass is 267 g/mol. The molecule has 3 N–H and O–H groups in total. The minimum Gasteiger partial charge on any atom is -0.375 e. The van der Waals surface area contributed by atoms with Crippen LogP contribution in [0.5, 0.6) is 0 Å². The number of anilines is 1. The van der Waals surface area contributed by atoms with Gasteiger partial charge in [-0.25, -0.2) is 4.98 Å². The molecular weight excluding hydrogens is 254 g/mol. The van der Waals surface area contributed by atoms with Gasteiger partial charge in [-0.3, -0.25) is 4.79 Å². The molecule has 0 atom stereocenters. The van der Waals surface area contributed by atoms with E-state index in [1.165, 1.54) is 11.3 Å². The number of thiazole rings is 1. The molecule has 0 saturated heterocycles. The molecule has 0 radical (unpaired) electrons. The Balaban J connectivity index is 1.70. The number of carbonyl (C=O) groups excluding carboxylic acids is 1. The molecule has 17 heavy (non-hydrogen) atoms. The normalized spacial score (nSPS) is 10.4. The van der Waals surface area contributed by atoms with Crippen LogP contribution in [0, 0.1) is 0 Å². The van der Waals surface area contributed by atoms with Crippen molar-refractivity contribution in [3.8, 4) is 0 Å². The van der Waals surface area contributed by atoms with Crippen molar-refractivity contribution in [3.05, 3.63) is 33.5 Å². The molecule has 0 aromatic carbocycles. The van der Waals surface area contributed by atoms with Gasteiger partial charge in [0.05, 0.1) is 12.1 Å². The number of nitrogens with zero attached hydrogens (tertiary/aromatic N) is 1. The summed E-state index contributed by atoms with van der Waals surface area (Å²) in [7, 11) is 0. The van der Waals surface area contributed by atoms with Crippen molar-refractivity contribution in [2.75, 3.05) is 12.3 Å². The third-order valence-corrected chi connectivity index (χ3v) is 3.79. The Hall–Kier alpha value is -1.40. The van der Waals surface area contributed by atoms with Crippen LogP contribution in [0.25, 0.3) is 0 Å². The molecule has 0 spiro atoms. The lowest BCUT2D eigenvalue weighted by molar-refractivity contribution is -0.120. The lowest BCUT2D eigenvalue weighted by Gasteiger charge is -2.02. The smallest absolute Gasteiger partial charge is 0.225 e. The van der Waals surface area contributed by atoms with E-state index < -0.39 is 0 Å². The first-order valence-electron chi connectivity index (χ1n) is 5.23. The van der Waals surface area contributed by atoms with Crippen molar-refractivity contribution in [1.82, 2.24) is 10.3 Å². The Morgan fingerprint density at radius 2 is 2.35 bits per heavy atom. The Kier molecular flexibility index (Phi) is 4.11. The van der Waals surface area contributed by atoms with Crippen molar-refractivity contribution in [2.45, 2.75) is 12.8 Å². The number of aromatic nitrogens is 1. The number of amides is 1. The highest BCUT2D eigenvalue weighted by Gasteiger charge is 2.04. The number of hydrogen-bond acceptors (Lipinski definition) is 5. The number of carbonyl (C=O) groups is 1. The van der Waals surface area contributed by atoms with Gasteiger partial charge < -0.3 is 11.1 Å². The van der Waals surface area contributed by atoms with Crippen LogP contribution >= 0.6 is 22.7 Å². The van der Waals surface area contributed by atoms with Gasteiger partial charge in [0.2, 0.25) is 5.91 Å². The zero-order valence-corrected chi connectivity index (χ0v) is 10.8. The average molecular weight is 267 g/mol. The molecule has 2 aromatic heterocycles. The van der Waals surface area contributed by atoms with Crippen LogP contribution in [0.3, 0.4) is 0 Å². The van der Waals surface area contributed by atoms with Crippen LogP contribution < -0.4 is 11.1 Å². The standard InChI is InChI=1S/C11H13N3OS2/c12-11-14-8(7-17-11)3-4-13-10(15)6-9-2-1-5-16-9/h1-2,5,7H,3-4,6H2,(H2,12,14)(H,13,15). The third kappa shape index (κ3) is 3.83. The van der Waals surface area contributed by atoms with Crippen molar-refractivity contribution in [2.24, 2.45) is 0 Å². The predicted octanol–water partition coefficient (Wildman–Crippen LogP) is 1.69. The fourth-order valence-electron chi connectivity index (χ4n) is 1.40. The molecular formula is C11H13N3OS2. The van der Waals surface area contributed by atoms with Gasteiger partial charge in [0, 0.05) is 23.2 Å². The predicted molar refractivity (Wildman–Crippen MR) is 71.3 cm³/mol. The second kappa shape index (κ2) is 5.79. The van der Waals surface area contributed by atoms with Crippen LogP contribution in [0.4, 0.5) is 5.13 Å². The molecule has 2 heterocycles. The molecule has 0 aliphatic heterocycles. The Bertz CT molecular complexity index is 479. The van der Waals surface area contributed by atoms with Gasteiger partial charge in [-0.15, -0.1) is 22.7 Å². The molecule has 0 aliphatic carbocycles. The fourth-order valence-corrected chi connectivity index (χ4v) is 2.70. The molecule has 0 aliphatic rings. The lowest BCUT2D eigenvalue weighted by atomic mass is 10.3. The van der Waals surface area contributed by atoms with E-state index in [-0.39, 0.29) is 5.91 Å². The van der Waals surface area contributed by atoms with Gasteiger partial charge in [-0.05, 0) is 11.4 Å². The highest BCUT2D eigenvalue weighted by molar-refractivity contribution is 7.13. The molecule has 6 heteroatoms. The topological polar surface area (TPSA) is 68.0 Å². The average Bonchev–Trinajstić information content (AvgIpc) is 2.90. The SMILES string of the molecule is Nc1nc(CCNC(=O)Cc2cccs2)cs1. The van der Waals surface area contributed by atoms with E-state index in [1.54, 1.807) is 11.3 Å². The first kappa shape index (κ1) is 12.1. The summed E-state index contributed by atoms with van der Waals surface area (Å²) >= 11 is 3.02. The van der Waals surface area contributed by atoms with Gasteiger partial charge in [0.1, 0.15) is 0 Å². The van der Waals surface area contributed by atoms with Crippen molar-refractivity contribution < 1.29 is 4.79 Å². The maximum absolute atomic E-state index is 11.6. The van der Waals surface area contributed by atoms with Crippen molar-refractivity contribution in [3.63, 3.8) is 0 Å². The zero-order chi connectivity index (χ0) is 12.1. The minimum absolute atomic E-state index is 0.0515. The number of hydrogen-bond donors (Lipinski definition) is 2. The number of nitrogens with two attached hydrogens (primary N) is 1. The summed E-state index contributed by atoms with van der Waals surface area (Å²) in [5.41, 5.74) is 6.46. The molecule has 0 saturated carbocycles. The first-order valence-corrected chi connectivity index (χ1v) is 6.99. The van der Waals surface area contributed by atoms with E-state index in [2.05, 4.69) is 10.3 Å². The van der Waals surface area contributed by atoms with E-state index in [4.69, 9.17) is 5.73 Å². The van der Waals surface area contributed by atoms with E-state index in [9.17, 15) is 4.79 Å². The lowest BCUT2D eigenvalue weighted by Crippen LogP contribution is -2.27. The van der Waals surface area contributed by atoms with Crippen LogP contribution in [-0.2, 0) is 17.6 Å². The number of thiophene rings is 1. The minimum atomic E-state index is 0.0515. The highest BCUT2D eigenvalue weighted by atomic mass is 32.1. The zero-order valence-electron chi connectivity index (χ0n) is 9.18. The maximum atomic E-state index is 11.6. The summed E-state index contributed by atoms with van der Waals surface area (Å²) in [6.45, 7) is 0.605. The van der Waals surface area contributed by atoms with E-state index in [0.717, 1.165) is 17.0 Å². The molecule has 90 valence electrons. The second-order valence-corrected chi connectivity index (χ2v) is 5.46. The highest BCUT2D eigenvalue weighted by Crippen LogP contribution is 2.11. The molecule has 0 unspecified atom stereocenters. The van der Waals surface area contributed by atoms with Crippen LogP contribution in [-0.4, -0.2) is 17.4 Å². The fraction of sp³-hybridized carbons (Fsp3) is 0.273. The summed E-state index contributed by atoms with van der Waals surface area (Å²) in [4.78, 5) is 16.8. The Morgan fingerprint density at radius 3 is 3.00 bits per heavy atom. The molecule has 0 bridgehead atoms. The van der Waals surface area contributed by atoms with Gasteiger partial charge in [0.25, 0.3) is 0 Å².